The van der Waals surface area contributed by atoms with E-state index < -0.39 is 0 Å². The van der Waals surface area contributed by atoms with E-state index >= 15 is 0 Å². The molecule has 4 aromatic rings. The molecule has 4 nitrogen and oxygen atoms in total. The van der Waals surface area contributed by atoms with Crippen LogP contribution in [0.4, 0.5) is 5.69 Å². The van der Waals surface area contributed by atoms with E-state index in [0.29, 0.717) is 12.1 Å². The Morgan fingerprint density at radius 2 is 1.52 bits per heavy atom. The van der Waals surface area contributed by atoms with Gasteiger partial charge in [-0.25, -0.2) is 4.98 Å². The molecule has 0 aliphatic rings. The summed E-state index contributed by atoms with van der Waals surface area (Å²) in [5.41, 5.74) is 3.77. The maximum absolute atomic E-state index is 12.2. The van der Waals surface area contributed by atoms with E-state index in [4.69, 9.17) is 4.98 Å². The highest BCUT2D eigenvalue weighted by atomic mass is 127. The fraction of sp³-hybridized carbons (Fsp3) is 0.130. The lowest BCUT2D eigenvalue weighted by atomic mass is 10.1. The first-order chi connectivity index (χ1) is 13.7. The molecule has 0 saturated heterocycles. The topological polar surface area (TPSA) is 54.0 Å². The minimum Gasteiger partial charge on any atom is -0.384 e. The van der Waals surface area contributed by atoms with Crippen LogP contribution in [-0.4, -0.2) is 24.0 Å². The molecular weight excluding hydrogens is 497 g/mol. The fourth-order valence-electron chi connectivity index (χ4n) is 3.27. The number of aromatic nitrogens is 1. The van der Waals surface area contributed by atoms with Crippen molar-refractivity contribution in [3.63, 3.8) is 0 Å². The molecular formula is C23H21ClIN3O. The highest BCUT2D eigenvalue weighted by Gasteiger charge is 2.08. The molecule has 1 heterocycles. The third kappa shape index (κ3) is 4.97. The van der Waals surface area contributed by atoms with Gasteiger partial charge in [0.2, 0.25) is 0 Å². The van der Waals surface area contributed by atoms with Gasteiger partial charge in [0.05, 0.1) is 16.7 Å². The van der Waals surface area contributed by atoms with Gasteiger partial charge in [-0.05, 0) is 59.3 Å². The number of halogens is 2. The van der Waals surface area contributed by atoms with Crippen molar-refractivity contribution in [2.45, 2.75) is 6.42 Å². The van der Waals surface area contributed by atoms with Gasteiger partial charge in [0.25, 0.3) is 5.91 Å². The molecule has 6 heteroatoms. The monoisotopic (exact) mass is 517 g/mol. The van der Waals surface area contributed by atoms with E-state index in [1.54, 1.807) is 0 Å². The average molecular weight is 518 g/mol. The van der Waals surface area contributed by atoms with Crippen molar-refractivity contribution in [1.29, 1.82) is 0 Å². The number of hydrogen-bond acceptors (Lipinski definition) is 3. The van der Waals surface area contributed by atoms with Crippen molar-refractivity contribution >= 4 is 68.4 Å². The fourth-order valence-corrected chi connectivity index (χ4v) is 3.81. The summed E-state index contributed by atoms with van der Waals surface area (Å²) in [4.78, 5) is 17.0. The summed E-state index contributed by atoms with van der Waals surface area (Å²) in [6.45, 7) is 1.39. The number of rotatable bonds is 6. The van der Waals surface area contributed by atoms with Crippen LogP contribution in [0.1, 0.15) is 16.8 Å². The standard InChI is InChI=1S/C23H20IN3O.ClH/c24-17-8-5-7-16(15-17)23(28)26-14-6-13-25-22-18-9-1-3-11-20(18)27-21-12-4-2-10-19(21)22;/h1-5,7-12,15H,6,13-14H2,(H,25,27)(H,26,28);1H. The van der Waals surface area contributed by atoms with Gasteiger partial charge in [-0.1, -0.05) is 42.5 Å². The Hall–Kier alpha value is -2.38. The summed E-state index contributed by atoms with van der Waals surface area (Å²) in [7, 11) is 0. The van der Waals surface area contributed by atoms with Crippen LogP contribution in [0.2, 0.25) is 0 Å². The molecule has 1 amide bonds. The largest absolute Gasteiger partial charge is 0.384 e. The van der Waals surface area contributed by atoms with E-state index in [-0.39, 0.29) is 18.3 Å². The summed E-state index contributed by atoms with van der Waals surface area (Å²) in [6, 6.07) is 23.9. The molecule has 0 radical (unpaired) electrons. The van der Waals surface area contributed by atoms with E-state index in [1.807, 2.05) is 60.7 Å². The molecule has 0 saturated carbocycles. The normalized spacial score (nSPS) is 10.5. The Morgan fingerprint density at radius 1 is 0.862 bits per heavy atom. The quantitative estimate of drug-likeness (QED) is 0.198. The van der Waals surface area contributed by atoms with Crippen molar-refractivity contribution in [3.05, 3.63) is 81.9 Å². The Labute approximate surface area is 189 Å². The molecule has 0 bridgehead atoms. The van der Waals surface area contributed by atoms with Gasteiger partial charge in [0.1, 0.15) is 0 Å². The number of amides is 1. The summed E-state index contributed by atoms with van der Waals surface area (Å²) < 4.78 is 1.06. The second kappa shape index (κ2) is 9.89. The molecule has 0 unspecified atom stereocenters. The molecule has 3 aromatic carbocycles. The van der Waals surface area contributed by atoms with E-state index in [1.165, 1.54) is 0 Å². The zero-order valence-corrected chi connectivity index (χ0v) is 18.7. The predicted molar refractivity (Wildman–Crippen MR) is 131 cm³/mol. The first-order valence-electron chi connectivity index (χ1n) is 9.27. The highest BCUT2D eigenvalue weighted by Crippen LogP contribution is 2.30. The van der Waals surface area contributed by atoms with Gasteiger partial charge >= 0.3 is 0 Å². The van der Waals surface area contributed by atoms with Crippen molar-refractivity contribution in [1.82, 2.24) is 10.3 Å². The number of nitrogens with one attached hydrogen (secondary N) is 2. The van der Waals surface area contributed by atoms with Crippen LogP contribution in [0.5, 0.6) is 0 Å². The van der Waals surface area contributed by atoms with Gasteiger partial charge in [-0.2, -0.15) is 0 Å². The summed E-state index contributed by atoms with van der Waals surface area (Å²) in [5.74, 6) is -0.0293. The number of carbonyl (C=O) groups is 1. The number of carbonyl (C=O) groups excluding carboxylic acids is 1. The third-order valence-corrected chi connectivity index (χ3v) is 5.29. The first-order valence-corrected chi connectivity index (χ1v) is 10.4. The predicted octanol–water partition coefficient (Wildman–Crippen LogP) is 5.65. The molecule has 148 valence electrons. The summed E-state index contributed by atoms with van der Waals surface area (Å²) >= 11 is 2.21. The zero-order chi connectivity index (χ0) is 19.3. The second-order valence-corrected chi connectivity index (χ2v) is 7.81. The maximum atomic E-state index is 12.2. The van der Waals surface area contributed by atoms with Gasteiger partial charge in [-0.15, -0.1) is 12.4 Å². The van der Waals surface area contributed by atoms with Crippen LogP contribution < -0.4 is 10.6 Å². The minimum absolute atomic E-state index is 0. The van der Waals surface area contributed by atoms with Gasteiger partial charge in [0, 0.05) is 33.0 Å². The molecule has 1 aromatic heterocycles. The van der Waals surface area contributed by atoms with Crippen molar-refractivity contribution in [2.75, 3.05) is 18.4 Å². The van der Waals surface area contributed by atoms with E-state index in [0.717, 1.165) is 44.0 Å². The molecule has 0 fully saturated rings. The average Bonchev–Trinajstić information content (AvgIpc) is 2.72. The molecule has 0 aliphatic heterocycles. The number of anilines is 1. The molecule has 0 aliphatic carbocycles. The molecule has 0 spiro atoms. The number of benzene rings is 3. The van der Waals surface area contributed by atoms with E-state index in [2.05, 4.69) is 45.4 Å². The van der Waals surface area contributed by atoms with E-state index in [9.17, 15) is 4.79 Å². The molecule has 0 atom stereocenters. The second-order valence-electron chi connectivity index (χ2n) is 6.57. The Balaban J connectivity index is 0.00000240. The van der Waals surface area contributed by atoms with Crippen LogP contribution >= 0.6 is 35.0 Å². The number of pyridine rings is 1. The third-order valence-electron chi connectivity index (χ3n) is 4.62. The lowest BCUT2D eigenvalue weighted by Crippen LogP contribution is -2.25. The van der Waals surface area contributed by atoms with Crippen LogP contribution in [0, 0.1) is 3.57 Å². The van der Waals surface area contributed by atoms with Crippen LogP contribution in [-0.2, 0) is 0 Å². The highest BCUT2D eigenvalue weighted by molar-refractivity contribution is 14.1. The number of para-hydroxylation sites is 2. The van der Waals surface area contributed by atoms with Crippen molar-refractivity contribution in [3.8, 4) is 0 Å². The smallest absolute Gasteiger partial charge is 0.251 e. The zero-order valence-electron chi connectivity index (χ0n) is 15.7. The molecule has 4 rings (SSSR count). The van der Waals surface area contributed by atoms with Gasteiger partial charge in [-0.3, -0.25) is 4.79 Å². The van der Waals surface area contributed by atoms with Gasteiger partial charge in [0.15, 0.2) is 0 Å². The Kier molecular flexibility index (Phi) is 7.28. The molecule has 2 N–H and O–H groups in total. The van der Waals surface area contributed by atoms with Crippen LogP contribution in [0.3, 0.4) is 0 Å². The SMILES string of the molecule is Cl.O=C(NCCCNc1c2ccccc2nc2ccccc12)c1cccc(I)c1. The van der Waals surface area contributed by atoms with Gasteiger partial charge < -0.3 is 10.6 Å². The molecule has 29 heavy (non-hydrogen) atoms. The Bertz CT molecular complexity index is 1100. The number of hydrogen-bond donors (Lipinski definition) is 2. The number of fused-ring (bicyclic) bond motifs is 2. The lowest BCUT2D eigenvalue weighted by Gasteiger charge is -2.13. The minimum atomic E-state index is -0.0293. The lowest BCUT2D eigenvalue weighted by molar-refractivity contribution is 0.0953. The van der Waals surface area contributed by atoms with Crippen molar-refractivity contribution in [2.24, 2.45) is 0 Å². The van der Waals surface area contributed by atoms with Crippen LogP contribution in [0.15, 0.2) is 72.8 Å². The van der Waals surface area contributed by atoms with Crippen LogP contribution in [0.25, 0.3) is 21.8 Å². The summed E-state index contributed by atoms with van der Waals surface area (Å²) in [6.07, 6.45) is 0.834. The van der Waals surface area contributed by atoms with Crippen molar-refractivity contribution < 1.29 is 4.79 Å². The summed E-state index contributed by atoms with van der Waals surface area (Å²) in [5, 5.41) is 8.78. The Morgan fingerprint density at radius 3 is 2.17 bits per heavy atom. The maximum Gasteiger partial charge on any atom is 0.251 e. The first kappa shape index (κ1) is 21.3. The number of nitrogens with zero attached hydrogens (tertiary/aromatic N) is 1.